The average molecular weight is 242 g/mol. The molecule has 0 bridgehead atoms. The van der Waals surface area contributed by atoms with E-state index in [4.69, 9.17) is 6.92 Å². The number of aromatic amines is 1. The monoisotopic (exact) mass is 242 g/mol. The van der Waals surface area contributed by atoms with Gasteiger partial charge in [-0.2, -0.15) is 0 Å². The predicted molar refractivity (Wildman–Crippen MR) is 68.3 cm³/mol. The summed E-state index contributed by atoms with van der Waals surface area (Å²) in [4.78, 5) is 21.2. The Morgan fingerprint density at radius 2 is 2.11 bits per heavy atom. The van der Waals surface area contributed by atoms with Gasteiger partial charge in [0.2, 0.25) is 0 Å². The van der Waals surface area contributed by atoms with Crippen LogP contribution in [0.4, 0.5) is 0 Å². The summed E-state index contributed by atoms with van der Waals surface area (Å²) in [6.07, 6.45) is 0. The van der Waals surface area contributed by atoms with Crippen molar-refractivity contribution in [3.8, 4) is 0 Å². The van der Waals surface area contributed by atoms with Crippen LogP contribution in [0.1, 0.15) is 16.2 Å². The number of carbonyl (C=O) groups is 1. The molecule has 1 fully saturated rings. The fourth-order valence-electron chi connectivity index (χ4n) is 2.21. The van der Waals surface area contributed by atoms with Crippen LogP contribution in [0.2, 0.25) is 0 Å². The van der Waals surface area contributed by atoms with Gasteiger partial charge in [0.15, 0.2) is 0 Å². The van der Waals surface area contributed by atoms with Gasteiger partial charge in [0.25, 0.3) is 5.91 Å². The molecule has 18 heavy (non-hydrogen) atoms. The Kier molecular flexibility index (Phi) is 2.76. The molecule has 0 spiro atoms. The molecule has 92 valence electrons. The minimum Gasteiger partial charge on any atom is -0.342 e. The van der Waals surface area contributed by atoms with Crippen LogP contribution in [-0.2, 0) is 0 Å². The summed E-state index contributed by atoms with van der Waals surface area (Å²) >= 11 is 0. The van der Waals surface area contributed by atoms with Gasteiger partial charge < -0.3 is 15.2 Å². The molecule has 2 aromatic rings. The predicted octanol–water partition coefficient (Wildman–Crippen LogP) is 0.667. The lowest BCUT2D eigenvalue weighted by Crippen LogP contribution is -2.46. The molecule has 0 atom stereocenters. The van der Waals surface area contributed by atoms with E-state index in [1.54, 1.807) is 6.07 Å². The van der Waals surface area contributed by atoms with E-state index in [0.717, 1.165) is 37.2 Å². The summed E-state index contributed by atoms with van der Waals surface area (Å²) in [5.74, 6) is 0.434. The number of aromatic nitrogens is 2. The number of rotatable bonds is 1. The maximum Gasteiger partial charge on any atom is 0.254 e. The first-order valence-corrected chi connectivity index (χ1v) is 5.99. The Labute approximate surface area is 105 Å². The highest BCUT2D eigenvalue weighted by molar-refractivity contribution is 5.97. The lowest BCUT2D eigenvalue weighted by molar-refractivity contribution is 0.0736. The quantitative estimate of drug-likeness (QED) is 0.772. The normalized spacial score (nSPS) is 16.2. The number of piperazine rings is 1. The number of imidazole rings is 1. The second kappa shape index (κ2) is 4.42. The SMILES string of the molecule is [CH]c1nc2ccc(C(=O)N3CCNCC3)cc2[nH]1. The summed E-state index contributed by atoms with van der Waals surface area (Å²) < 4.78 is 0. The molecule has 1 saturated heterocycles. The zero-order valence-corrected chi connectivity index (χ0v) is 9.94. The number of carbonyl (C=O) groups excluding carboxylic acids is 1. The van der Waals surface area contributed by atoms with E-state index in [0.29, 0.717) is 11.4 Å². The van der Waals surface area contributed by atoms with Crippen molar-refractivity contribution in [2.75, 3.05) is 26.2 Å². The van der Waals surface area contributed by atoms with E-state index < -0.39 is 0 Å². The molecule has 5 heteroatoms. The maximum atomic E-state index is 12.3. The molecule has 1 aliphatic rings. The molecule has 5 nitrogen and oxygen atoms in total. The third-order valence-corrected chi connectivity index (χ3v) is 3.15. The van der Waals surface area contributed by atoms with Crippen LogP contribution < -0.4 is 5.32 Å². The topological polar surface area (TPSA) is 61.0 Å². The largest absolute Gasteiger partial charge is 0.342 e. The van der Waals surface area contributed by atoms with Crippen LogP contribution in [0.15, 0.2) is 18.2 Å². The molecule has 3 rings (SSSR count). The van der Waals surface area contributed by atoms with Gasteiger partial charge in [-0.25, -0.2) is 4.98 Å². The molecule has 1 aromatic heterocycles. The molecular weight excluding hydrogens is 228 g/mol. The van der Waals surface area contributed by atoms with Crippen molar-refractivity contribution in [1.82, 2.24) is 20.2 Å². The summed E-state index contributed by atoms with van der Waals surface area (Å²) in [6.45, 7) is 8.80. The summed E-state index contributed by atoms with van der Waals surface area (Å²) in [6, 6.07) is 5.42. The van der Waals surface area contributed by atoms with Crippen molar-refractivity contribution in [1.29, 1.82) is 0 Å². The van der Waals surface area contributed by atoms with Crippen molar-refractivity contribution in [3.05, 3.63) is 36.5 Å². The highest BCUT2D eigenvalue weighted by atomic mass is 16.2. The Morgan fingerprint density at radius 1 is 1.33 bits per heavy atom. The smallest absolute Gasteiger partial charge is 0.254 e. The van der Waals surface area contributed by atoms with E-state index in [1.807, 2.05) is 17.0 Å². The standard InChI is InChI=1S/C13H14N4O/c1-9-15-11-3-2-10(8-12(11)16-9)13(18)17-6-4-14-5-7-17/h1-3,8,14H,4-7H2,(H,15,16). The Bertz CT molecular complexity index is 584. The van der Waals surface area contributed by atoms with Crippen molar-refractivity contribution in [2.45, 2.75) is 0 Å². The van der Waals surface area contributed by atoms with Crippen LogP contribution in [-0.4, -0.2) is 47.0 Å². The van der Waals surface area contributed by atoms with Crippen LogP contribution in [0.5, 0.6) is 0 Å². The van der Waals surface area contributed by atoms with Crippen LogP contribution in [0.3, 0.4) is 0 Å². The zero-order valence-electron chi connectivity index (χ0n) is 9.94. The highest BCUT2D eigenvalue weighted by Gasteiger charge is 2.18. The molecule has 2 heterocycles. The fourth-order valence-corrected chi connectivity index (χ4v) is 2.21. The lowest BCUT2D eigenvalue weighted by atomic mass is 10.1. The molecule has 0 unspecified atom stereocenters. The Balaban J connectivity index is 1.90. The molecule has 0 saturated carbocycles. The number of H-pyrrole nitrogens is 1. The van der Waals surface area contributed by atoms with Gasteiger partial charge in [-0.1, -0.05) is 0 Å². The minimum absolute atomic E-state index is 0.0616. The number of nitrogens with one attached hydrogen (secondary N) is 2. The second-order valence-corrected chi connectivity index (χ2v) is 4.40. The molecule has 1 amide bonds. The number of nitrogens with zero attached hydrogens (tertiary/aromatic N) is 2. The van der Waals surface area contributed by atoms with E-state index in [1.165, 1.54) is 0 Å². The van der Waals surface area contributed by atoms with Gasteiger partial charge in [-0.3, -0.25) is 4.79 Å². The van der Waals surface area contributed by atoms with E-state index in [2.05, 4.69) is 15.3 Å². The van der Waals surface area contributed by atoms with Gasteiger partial charge >= 0.3 is 0 Å². The summed E-state index contributed by atoms with van der Waals surface area (Å²) in [5.41, 5.74) is 2.26. The van der Waals surface area contributed by atoms with Crippen molar-refractivity contribution in [3.63, 3.8) is 0 Å². The minimum atomic E-state index is 0.0616. The molecular formula is C13H14N4O. The number of benzene rings is 1. The van der Waals surface area contributed by atoms with E-state index >= 15 is 0 Å². The molecule has 0 aliphatic carbocycles. The molecule has 2 N–H and O–H groups in total. The van der Waals surface area contributed by atoms with Gasteiger partial charge in [-0.15, -0.1) is 0 Å². The zero-order chi connectivity index (χ0) is 12.5. The second-order valence-electron chi connectivity index (χ2n) is 4.40. The highest BCUT2D eigenvalue weighted by Crippen LogP contribution is 2.15. The van der Waals surface area contributed by atoms with Gasteiger partial charge in [0.1, 0.15) is 5.82 Å². The number of fused-ring (bicyclic) bond motifs is 1. The molecule has 1 aromatic carbocycles. The lowest BCUT2D eigenvalue weighted by Gasteiger charge is -2.27. The fraction of sp³-hybridized carbons (Fsp3) is 0.308. The van der Waals surface area contributed by atoms with Gasteiger partial charge in [0, 0.05) is 38.7 Å². The van der Waals surface area contributed by atoms with Crippen LogP contribution in [0.25, 0.3) is 11.0 Å². The Hall–Kier alpha value is -1.88. The van der Waals surface area contributed by atoms with Crippen molar-refractivity contribution >= 4 is 16.9 Å². The number of amides is 1. The van der Waals surface area contributed by atoms with Crippen LogP contribution >= 0.6 is 0 Å². The first kappa shape index (κ1) is 11.2. The summed E-state index contributed by atoms with van der Waals surface area (Å²) in [5, 5.41) is 3.23. The third-order valence-electron chi connectivity index (χ3n) is 3.15. The van der Waals surface area contributed by atoms with Gasteiger partial charge in [0.05, 0.1) is 11.0 Å². The Morgan fingerprint density at radius 3 is 2.89 bits per heavy atom. The van der Waals surface area contributed by atoms with Crippen molar-refractivity contribution < 1.29 is 4.79 Å². The summed E-state index contributed by atoms with van der Waals surface area (Å²) in [7, 11) is 0. The molecule has 1 aliphatic heterocycles. The third kappa shape index (κ3) is 1.97. The van der Waals surface area contributed by atoms with Crippen molar-refractivity contribution in [2.24, 2.45) is 0 Å². The number of hydrogen-bond donors (Lipinski definition) is 2. The van der Waals surface area contributed by atoms with Crippen LogP contribution in [0, 0.1) is 6.92 Å². The van der Waals surface area contributed by atoms with E-state index in [9.17, 15) is 4.79 Å². The first-order valence-electron chi connectivity index (χ1n) is 5.99. The first-order chi connectivity index (χ1) is 8.74. The number of hydrogen-bond acceptors (Lipinski definition) is 3. The average Bonchev–Trinajstić information content (AvgIpc) is 2.78. The maximum absolute atomic E-state index is 12.3. The van der Waals surface area contributed by atoms with Gasteiger partial charge in [-0.05, 0) is 18.2 Å². The van der Waals surface area contributed by atoms with E-state index in [-0.39, 0.29) is 5.91 Å². The molecule has 2 radical (unpaired) electrons.